The normalized spacial score (nSPS) is 13.1. The molecule has 2 unspecified atom stereocenters. The third kappa shape index (κ3) is 7.97. The van der Waals surface area contributed by atoms with Crippen LogP contribution in [0.4, 0.5) is 4.79 Å². The summed E-state index contributed by atoms with van der Waals surface area (Å²) < 4.78 is 17.4. The van der Waals surface area contributed by atoms with Crippen molar-refractivity contribution >= 4 is 41.3 Å². The summed E-state index contributed by atoms with van der Waals surface area (Å²) in [6.07, 6.45) is -1.22. The molecule has 0 saturated heterocycles. The average molecular weight is 303 g/mol. The second kappa shape index (κ2) is 8.82. The van der Waals surface area contributed by atoms with Crippen LogP contribution in [0, 0.1) is 0 Å². The number of halogens is 2. The Labute approximate surface area is 113 Å². The van der Waals surface area contributed by atoms with Crippen molar-refractivity contribution in [2.75, 3.05) is 0 Å². The van der Waals surface area contributed by atoms with E-state index in [1.807, 2.05) is 0 Å². The minimum atomic E-state index is -1.64. The fourth-order valence-electron chi connectivity index (χ4n) is 0.601. The smallest absolute Gasteiger partial charge is 0.410 e. The van der Waals surface area contributed by atoms with Crippen molar-refractivity contribution in [3.8, 4) is 0 Å². The molecule has 0 aliphatic carbocycles. The van der Waals surface area contributed by atoms with Gasteiger partial charge in [0, 0.05) is 12.8 Å². The maximum Gasteiger partial charge on any atom is 0.516 e. The van der Waals surface area contributed by atoms with Crippen LogP contribution in [0.3, 0.4) is 0 Å². The lowest BCUT2D eigenvalue weighted by Gasteiger charge is -2.14. The molecule has 0 aromatic carbocycles. The Bertz CT molecular complexity index is 279. The zero-order valence-electron chi connectivity index (χ0n) is 9.68. The molecule has 0 rings (SSSR count). The van der Waals surface area contributed by atoms with Crippen LogP contribution in [-0.4, -0.2) is 29.6 Å². The molecule has 0 aromatic heterocycles. The number of carbonyl (C=O) groups excluding carboxylic acids is 3. The summed E-state index contributed by atoms with van der Waals surface area (Å²) in [5, 5.41) is 0. The molecule has 0 amide bonds. The zero-order valence-corrected chi connectivity index (χ0v) is 11.2. The van der Waals surface area contributed by atoms with Gasteiger partial charge in [-0.3, -0.25) is 9.59 Å². The monoisotopic (exact) mass is 302 g/mol. The molecule has 0 bridgehead atoms. The number of ether oxygens (including phenoxy) is 4. The lowest BCUT2D eigenvalue weighted by atomic mass is 10.5. The Morgan fingerprint density at radius 2 is 1.17 bits per heavy atom. The molecule has 0 aliphatic heterocycles. The first-order chi connectivity index (χ1) is 8.38. The minimum absolute atomic E-state index is 0.0634. The van der Waals surface area contributed by atoms with Crippen LogP contribution in [0.1, 0.15) is 26.7 Å². The number of esters is 2. The highest BCUT2D eigenvalue weighted by Crippen LogP contribution is 2.09. The van der Waals surface area contributed by atoms with Gasteiger partial charge in [0.25, 0.3) is 0 Å². The Morgan fingerprint density at radius 3 is 1.44 bits per heavy atom. The molecule has 0 aromatic rings. The van der Waals surface area contributed by atoms with Gasteiger partial charge in [0.1, 0.15) is 0 Å². The highest BCUT2D eigenvalue weighted by atomic mass is 35.5. The lowest BCUT2D eigenvalue weighted by molar-refractivity contribution is -0.165. The Morgan fingerprint density at radius 1 is 0.833 bits per heavy atom. The van der Waals surface area contributed by atoms with Crippen LogP contribution in [0.15, 0.2) is 0 Å². The van der Waals surface area contributed by atoms with E-state index < -0.39 is 29.6 Å². The molecule has 0 heterocycles. The molecule has 9 heteroatoms. The van der Waals surface area contributed by atoms with Gasteiger partial charge in [-0.15, -0.1) is 0 Å². The van der Waals surface area contributed by atoms with E-state index in [1.165, 1.54) is 13.8 Å². The Balaban J connectivity index is 3.95. The minimum Gasteiger partial charge on any atom is -0.410 e. The van der Waals surface area contributed by atoms with Gasteiger partial charge < -0.3 is 18.9 Å². The molecule has 0 spiro atoms. The van der Waals surface area contributed by atoms with Gasteiger partial charge in [-0.25, -0.2) is 4.79 Å². The van der Waals surface area contributed by atoms with Gasteiger partial charge in [0.15, 0.2) is 0 Å². The van der Waals surface area contributed by atoms with E-state index in [9.17, 15) is 14.4 Å². The van der Waals surface area contributed by atoms with Crippen molar-refractivity contribution in [1.82, 2.24) is 0 Å². The summed E-state index contributed by atoms with van der Waals surface area (Å²) in [5.41, 5.74) is 0. The number of rotatable bonds is 6. The average Bonchev–Trinajstić information content (AvgIpc) is 2.27. The van der Waals surface area contributed by atoms with Gasteiger partial charge in [-0.1, -0.05) is 13.8 Å². The lowest BCUT2D eigenvalue weighted by Crippen LogP contribution is -2.24. The molecular formula is C9H12Cl2O7. The fourth-order valence-corrected chi connectivity index (χ4v) is 0.945. The molecule has 0 fully saturated rings. The second-order valence-corrected chi connectivity index (χ2v) is 3.43. The van der Waals surface area contributed by atoms with E-state index in [2.05, 4.69) is 18.9 Å². The first-order valence-corrected chi connectivity index (χ1v) is 5.80. The van der Waals surface area contributed by atoms with Crippen molar-refractivity contribution in [3.63, 3.8) is 0 Å². The van der Waals surface area contributed by atoms with E-state index in [0.29, 0.717) is 0 Å². The predicted molar refractivity (Wildman–Crippen MR) is 59.6 cm³/mol. The van der Waals surface area contributed by atoms with Crippen molar-refractivity contribution in [1.29, 1.82) is 0 Å². The third-order valence-corrected chi connectivity index (χ3v) is 1.76. The van der Waals surface area contributed by atoms with Gasteiger partial charge in [0.05, 0.1) is 0 Å². The Hall–Kier alpha value is -1.21. The highest BCUT2D eigenvalue weighted by Gasteiger charge is 2.20. The molecule has 18 heavy (non-hydrogen) atoms. The van der Waals surface area contributed by atoms with Gasteiger partial charge in [-0.05, 0) is 23.2 Å². The molecule has 0 N–H and O–H groups in total. The van der Waals surface area contributed by atoms with Crippen LogP contribution < -0.4 is 0 Å². The largest absolute Gasteiger partial charge is 0.516 e. The standard InChI is InChI=1S/C9H12Cl2O7/c1-3-5(12)15-7(10)17-9(14)18-8(11)16-6(13)4-2/h7-8H,3-4H2,1-2H3. The SMILES string of the molecule is CCC(=O)OC(Cl)OC(=O)OC(Cl)OC(=O)CC. The maximum absolute atomic E-state index is 11.0. The molecule has 0 aliphatic rings. The van der Waals surface area contributed by atoms with E-state index in [1.54, 1.807) is 0 Å². The second-order valence-electron chi connectivity index (χ2n) is 2.72. The van der Waals surface area contributed by atoms with Gasteiger partial charge >= 0.3 is 29.6 Å². The molecule has 2 atom stereocenters. The molecule has 0 saturated carbocycles. The summed E-state index contributed by atoms with van der Waals surface area (Å²) in [7, 11) is 0. The molecular weight excluding hydrogens is 291 g/mol. The summed E-state index contributed by atoms with van der Waals surface area (Å²) in [5.74, 6) is -4.61. The van der Waals surface area contributed by atoms with E-state index in [4.69, 9.17) is 23.2 Å². The van der Waals surface area contributed by atoms with Crippen molar-refractivity contribution < 1.29 is 33.3 Å². The van der Waals surface area contributed by atoms with Crippen molar-refractivity contribution in [2.45, 2.75) is 38.2 Å². The molecule has 104 valence electrons. The van der Waals surface area contributed by atoms with Crippen LogP contribution >= 0.6 is 23.2 Å². The van der Waals surface area contributed by atoms with E-state index in [-0.39, 0.29) is 12.8 Å². The molecule has 0 radical (unpaired) electrons. The fraction of sp³-hybridized carbons (Fsp3) is 0.667. The quantitative estimate of drug-likeness (QED) is 0.421. The predicted octanol–water partition coefficient (Wildman–Crippen LogP) is 2.09. The van der Waals surface area contributed by atoms with Crippen LogP contribution in [0.2, 0.25) is 0 Å². The van der Waals surface area contributed by atoms with E-state index in [0.717, 1.165) is 0 Å². The zero-order chi connectivity index (χ0) is 14.1. The summed E-state index contributed by atoms with van der Waals surface area (Å²) in [4.78, 5) is 32.6. The van der Waals surface area contributed by atoms with Gasteiger partial charge in [-0.2, -0.15) is 0 Å². The topological polar surface area (TPSA) is 88.1 Å². The molecule has 7 nitrogen and oxygen atoms in total. The van der Waals surface area contributed by atoms with Crippen molar-refractivity contribution in [3.05, 3.63) is 0 Å². The first-order valence-electron chi connectivity index (χ1n) is 4.93. The summed E-state index contributed by atoms with van der Waals surface area (Å²) >= 11 is 10.7. The number of hydrogen-bond acceptors (Lipinski definition) is 7. The highest BCUT2D eigenvalue weighted by molar-refractivity contribution is 6.20. The number of carbonyl (C=O) groups is 3. The maximum atomic E-state index is 11.0. The van der Waals surface area contributed by atoms with E-state index >= 15 is 0 Å². The third-order valence-electron chi connectivity index (χ3n) is 1.40. The summed E-state index contributed by atoms with van der Waals surface area (Å²) in [6, 6.07) is 0. The summed E-state index contributed by atoms with van der Waals surface area (Å²) in [6.45, 7) is 3.06. The van der Waals surface area contributed by atoms with Crippen molar-refractivity contribution in [2.24, 2.45) is 0 Å². The number of alkyl halides is 2. The first kappa shape index (κ1) is 16.8. The number of hydrogen-bond donors (Lipinski definition) is 0. The van der Waals surface area contributed by atoms with Crippen LogP contribution in [-0.2, 0) is 28.5 Å². The van der Waals surface area contributed by atoms with Gasteiger partial charge in [0.2, 0.25) is 0 Å². The van der Waals surface area contributed by atoms with Crippen LogP contribution in [0.5, 0.6) is 0 Å². The Kier molecular flexibility index (Phi) is 8.23. The van der Waals surface area contributed by atoms with Crippen LogP contribution in [0.25, 0.3) is 0 Å².